The van der Waals surface area contributed by atoms with Gasteiger partial charge in [0.15, 0.2) is 0 Å². The molecule has 5 heteroatoms. The van der Waals surface area contributed by atoms with Crippen molar-refractivity contribution in [3.63, 3.8) is 0 Å². The van der Waals surface area contributed by atoms with E-state index in [4.69, 9.17) is 4.74 Å². The van der Waals surface area contributed by atoms with Gasteiger partial charge in [0.25, 0.3) is 5.91 Å². The van der Waals surface area contributed by atoms with E-state index in [1.807, 2.05) is 26.8 Å². The molecule has 5 nitrogen and oxygen atoms in total. The molecule has 1 saturated heterocycles. The van der Waals surface area contributed by atoms with Crippen molar-refractivity contribution in [3.8, 4) is 0 Å². The molecule has 1 aromatic rings. The third-order valence-electron chi connectivity index (χ3n) is 3.65. The maximum absolute atomic E-state index is 12.3. The lowest BCUT2D eigenvalue weighted by Crippen LogP contribution is -2.40. The first-order valence-corrected chi connectivity index (χ1v) is 8.18. The molecule has 1 aliphatic rings. The zero-order valence-corrected chi connectivity index (χ0v) is 14.1. The Hall–Kier alpha value is -1.88. The first kappa shape index (κ1) is 17.5. The van der Waals surface area contributed by atoms with Crippen LogP contribution in [-0.2, 0) is 9.53 Å². The Morgan fingerprint density at radius 2 is 2.00 bits per heavy atom. The number of amides is 2. The van der Waals surface area contributed by atoms with Crippen molar-refractivity contribution in [3.05, 3.63) is 29.8 Å². The number of para-hydroxylation sites is 1. The highest BCUT2D eigenvalue weighted by Gasteiger charge is 2.20. The molecule has 1 heterocycles. The molecule has 0 spiro atoms. The SMILES string of the molecule is CC(C)(C)NC(=O)c1ccccc1NC(=O)CC[C@@H]1CCCO1. The van der Waals surface area contributed by atoms with E-state index in [1.54, 1.807) is 18.2 Å². The van der Waals surface area contributed by atoms with E-state index in [9.17, 15) is 9.59 Å². The third kappa shape index (κ3) is 5.67. The maximum atomic E-state index is 12.3. The maximum Gasteiger partial charge on any atom is 0.253 e. The fourth-order valence-electron chi connectivity index (χ4n) is 2.57. The van der Waals surface area contributed by atoms with Gasteiger partial charge in [-0.2, -0.15) is 0 Å². The van der Waals surface area contributed by atoms with Gasteiger partial charge in [-0.05, 0) is 52.2 Å². The molecule has 1 aromatic carbocycles. The Balaban J connectivity index is 1.96. The molecule has 1 atom stereocenters. The van der Waals surface area contributed by atoms with Crippen molar-refractivity contribution in [2.45, 2.75) is 58.1 Å². The number of nitrogens with one attached hydrogen (secondary N) is 2. The minimum Gasteiger partial charge on any atom is -0.378 e. The molecule has 0 aliphatic carbocycles. The Kier molecular flexibility index (Phi) is 5.77. The fourth-order valence-corrected chi connectivity index (χ4v) is 2.57. The number of anilines is 1. The summed E-state index contributed by atoms with van der Waals surface area (Å²) in [7, 11) is 0. The van der Waals surface area contributed by atoms with Crippen molar-refractivity contribution in [2.75, 3.05) is 11.9 Å². The molecule has 0 saturated carbocycles. The van der Waals surface area contributed by atoms with Gasteiger partial charge in [0.2, 0.25) is 5.91 Å². The van der Waals surface area contributed by atoms with Crippen LogP contribution in [0.5, 0.6) is 0 Å². The summed E-state index contributed by atoms with van der Waals surface area (Å²) in [6, 6.07) is 7.07. The van der Waals surface area contributed by atoms with E-state index in [0.717, 1.165) is 25.9 Å². The molecule has 23 heavy (non-hydrogen) atoms. The van der Waals surface area contributed by atoms with Crippen LogP contribution in [0.3, 0.4) is 0 Å². The standard InChI is InChI=1S/C18H26N2O3/c1-18(2,3)20-17(22)14-8-4-5-9-15(14)19-16(21)11-10-13-7-6-12-23-13/h4-5,8-9,13H,6-7,10-12H2,1-3H3,(H,19,21)(H,20,22)/t13-/m0/s1. The van der Waals surface area contributed by atoms with Crippen molar-refractivity contribution in [2.24, 2.45) is 0 Å². The molecule has 0 unspecified atom stereocenters. The summed E-state index contributed by atoms with van der Waals surface area (Å²) in [6.07, 6.45) is 3.42. The molecule has 0 aromatic heterocycles. The number of benzene rings is 1. The molecule has 1 fully saturated rings. The highest BCUT2D eigenvalue weighted by atomic mass is 16.5. The van der Waals surface area contributed by atoms with Gasteiger partial charge in [0.1, 0.15) is 0 Å². The van der Waals surface area contributed by atoms with Crippen molar-refractivity contribution < 1.29 is 14.3 Å². The van der Waals surface area contributed by atoms with Crippen LogP contribution in [0.15, 0.2) is 24.3 Å². The summed E-state index contributed by atoms with van der Waals surface area (Å²) in [5, 5.41) is 5.76. The van der Waals surface area contributed by atoms with Crippen LogP contribution in [-0.4, -0.2) is 30.1 Å². The molecule has 126 valence electrons. The zero-order valence-electron chi connectivity index (χ0n) is 14.1. The molecule has 2 amide bonds. The largest absolute Gasteiger partial charge is 0.378 e. The van der Waals surface area contributed by atoms with Gasteiger partial charge in [0.05, 0.1) is 17.4 Å². The first-order valence-electron chi connectivity index (χ1n) is 8.18. The average Bonchev–Trinajstić information content (AvgIpc) is 2.97. The number of ether oxygens (including phenoxy) is 1. The highest BCUT2D eigenvalue weighted by Crippen LogP contribution is 2.19. The predicted octanol–water partition coefficient (Wildman–Crippen LogP) is 3.11. The lowest BCUT2D eigenvalue weighted by atomic mass is 10.1. The van der Waals surface area contributed by atoms with Crippen LogP contribution in [0.1, 0.15) is 56.8 Å². The second-order valence-corrected chi connectivity index (χ2v) is 6.97. The topological polar surface area (TPSA) is 67.4 Å². The summed E-state index contributed by atoms with van der Waals surface area (Å²) >= 11 is 0. The van der Waals surface area contributed by atoms with E-state index < -0.39 is 0 Å². The molecule has 2 N–H and O–H groups in total. The van der Waals surface area contributed by atoms with Crippen LogP contribution in [0.25, 0.3) is 0 Å². The molecular weight excluding hydrogens is 292 g/mol. The Morgan fingerprint density at radius 1 is 1.26 bits per heavy atom. The predicted molar refractivity (Wildman–Crippen MR) is 90.5 cm³/mol. The molecule has 0 radical (unpaired) electrons. The Bertz CT molecular complexity index is 558. The molecule has 1 aliphatic heterocycles. The third-order valence-corrected chi connectivity index (χ3v) is 3.65. The minimum absolute atomic E-state index is 0.0866. The van der Waals surface area contributed by atoms with Crippen molar-refractivity contribution >= 4 is 17.5 Å². The summed E-state index contributed by atoms with van der Waals surface area (Å²) in [4.78, 5) is 24.5. The van der Waals surface area contributed by atoms with E-state index in [0.29, 0.717) is 17.7 Å². The van der Waals surface area contributed by atoms with Gasteiger partial charge >= 0.3 is 0 Å². The fraction of sp³-hybridized carbons (Fsp3) is 0.556. The van der Waals surface area contributed by atoms with Gasteiger partial charge in [0, 0.05) is 18.6 Å². The monoisotopic (exact) mass is 318 g/mol. The quantitative estimate of drug-likeness (QED) is 0.876. The van der Waals surface area contributed by atoms with E-state index in [1.165, 1.54) is 0 Å². The van der Waals surface area contributed by atoms with Gasteiger partial charge in [-0.3, -0.25) is 9.59 Å². The Morgan fingerprint density at radius 3 is 2.65 bits per heavy atom. The van der Waals surface area contributed by atoms with Gasteiger partial charge in [-0.25, -0.2) is 0 Å². The number of hydrogen-bond donors (Lipinski definition) is 2. The van der Waals surface area contributed by atoms with E-state index >= 15 is 0 Å². The molecule has 2 rings (SSSR count). The summed E-state index contributed by atoms with van der Waals surface area (Å²) in [6.45, 7) is 6.57. The van der Waals surface area contributed by atoms with Crippen LogP contribution >= 0.6 is 0 Å². The van der Waals surface area contributed by atoms with Crippen LogP contribution in [0.2, 0.25) is 0 Å². The lowest BCUT2D eigenvalue weighted by molar-refractivity contribution is -0.116. The molecule has 0 bridgehead atoms. The summed E-state index contributed by atoms with van der Waals surface area (Å²) < 4.78 is 5.53. The van der Waals surface area contributed by atoms with Crippen LogP contribution < -0.4 is 10.6 Å². The van der Waals surface area contributed by atoms with Crippen LogP contribution in [0, 0.1) is 0 Å². The lowest BCUT2D eigenvalue weighted by Gasteiger charge is -2.21. The van der Waals surface area contributed by atoms with Crippen molar-refractivity contribution in [1.82, 2.24) is 5.32 Å². The number of carbonyl (C=O) groups excluding carboxylic acids is 2. The normalized spacial score (nSPS) is 17.8. The first-order chi connectivity index (χ1) is 10.8. The number of hydrogen-bond acceptors (Lipinski definition) is 3. The Labute approximate surface area is 137 Å². The minimum atomic E-state index is -0.325. The molecular formula is C18H26N2O3. The van der Waals surface area contributed by atoms with E-state index in [-0.39, 0.29) is 23.5 Å². The van der Waals surface area contributed by atoms with Crippen LogP contribution in [0.4, 0.5) is 5.69 Å². The zero-order chi connectivity index (χ0) is 16.9. The average molecular weight is 318 g/mol. The summed E-state index contributed by atoms with van der Waals surface area (Å²) in [5.74, 6) is -0.274. The smallest absolute Gasteiger partial charge is 0.253 e. The summed E-state index contributed by atoms with van der Waals surface area (Å²) in [5.41, 5.74) is 0.702. The highest BCUT2D eigenvalue weighted by molar-refractivity contribution is 6.03. The van der Waals surface area contributed by atoms with Gasteiger partial charge < -0.3 is 15.4 Å². The second-order valence-electron chi connectivity index (χ2n) is 6.97. The van der Waals surface area contributed by atoms with E-state index in [2.05, 4.69) is 10.6 Å². The number of carbonyl (C=O) groups is 2. The van der Waals surface area contributed by atoms with Crippen molar-refractivity contribution in [1.29, 1.82) is 0 Å². The number of rotatable bonds is 5. The van der Waals surface area contributed by atoms with Gasteiger partial charge in [-0.15, -0.1) is 0 Å². The van der Waals surface area contributed by atoms with Gasteiger partial charge in [-0.1, -0.05) is 12.1 Å². The second kappa shape index (κ2) is 7.59.